The Morgan fingerprint density at radius 1 is 0.306 bits per heavy atom. The molecule has 0 amide bonds. The standard InChI is InChI=1S/2C24H22ClN5.C23H21ClN6.C23H24ClN5.C22H20ClN5/c2*1-15-14-29(21-9-7-20(25)8-10-21)23-12-18(19-5-4-16(2)26-13-19)6-11-22(23)30-17(3)27-28-24(15)30;1-14-13-29(19-7-5-18(24)6-8-19)21-11-16(17-4-10-22(25)26-12-17)3-9-20(21)30-15(2)27-28-23(14)30;1-15-14-28(19-8-6-18(24)7-9-19)21-13-17(11-12-23(3,4)25)5-10-20(21)29-16(2)26-27-22(15)29;1-15-24-13-20-9-10-27(19-6-4-18(23)5-7-19)22-11-16(3-8-21(22)28(15)20)17-12-25-26(2)14-17/h2*4-13,15H,14H2,1-3H3;3-12,14H,13H2,1-2H3,(H2,25,26);5-10,13,15H,14,25H2,1-4H3;3-8,11-14H,9-10H2,1-2H3/t2*15-;14-;;/m100../s1. The first-order valence-corrected chi connectivity index (χ1v) is 50.7. The Labute approximate surface area is 880 Å². The average molecular weight is 2040 g/mol. The van der Waals surface area contributed by atoms with Crippen LogP contribution in [0.1, 0.15) is 140 Å². The molecule has 5 aliphatic heterocycles. The zero-order valence-electron chi connectivity index (χ0n) is 84.0. The molecule has 31 heteroatoms. The van der Waals surface area contributed by atoms with E-state index >= 15 is 0 Å². The number of hydrogen-bond donors (Lipinski definition) is 2. The molecule has 26 nitrogen and oxygen atoms in total. The van der Waals surface area contributed by atoms with Crippen LogP contribution in [0.5, 0.6) is 0 Å². The van der Waals surface area contributed by atoms with Crippen molar-refractivity contribution >= 4 is 121 Å². The summed E-state index contributed by atoms with van der Waals surface area (Å²) < 4.78 is 12.7. The topological polar surface area (TPSA) is 265 Å². The van der Waals surface area contributed by atoms with Crippen LogP contribution >= 0.6 is 58.0 Å². The molecule has 4 atom stereocenters. The number of anilines is 11. The highest BCUT2D eigenvalue weighted by atomic mass is 35.5. The van der Waals surface area contributed by atoms with Gasteiger partial charge in [-0.2, -0.15) is 5.10 Å². The molecule has 5 aliphatic rings. The third-order valence-corrected chi connectivity index (χ3v) is 28.3. The van der Waals surface area contributed by atoms with Gasteiger partial charge in [0.05, 0.1) is 68.6 Å². The van der Waals surface area contributed by atoms with E-state index in [0.717, 1.165) is 263 Å². The van der Waals surface area contributed by atoms with Gasteiger partial charge >= 0.3 is 0 Å². The number of nitrogens with two attached hydrogens (primary N) is 2. The number of pyridine rings is 3. The van der Waals surface area contributed by atoms with Gasteiger partial charge in [-0.15, -0.1) is 40.8 Å². The lowest BCUT2D eigenvalue weighted by Gasteiger charge is -2.27. The van der Waals surface area contributed by atoms with E-state index in [9.17, 15) is 0 Å². The molecule has 10 aromatic carbocycles. The summed E-state index contributed by atoms with van der Waals surface area (Å²) in [5.74, 6) is 16.1. The number of benzene rings is 10. The fourth-order valence-corrected chi connectivity index (χ4v) is 20.2. The number of aromatic nitrogens is 19. The second kappa shape index (κ2) is 41.5. The molecule has 24 rings (SSSR count). The number of imidazole rings is 1. The molecular formula is C116H109Cl5N26. The molecule has 147 heavy (non-hydrogen) atoms. The van der Waals surface area contributed by atoms with Crippen LogP contribution in [-0.4, -0.2) is 132 Å². The summed E-state index contributed by atoms with van der Waals surface area (Å²) in [6, 6.07) is 84.4. The zero-order valence-corrected chi connectivity index (χ0v) is 87.7. The maximum atomic E-state index is 6.16. The fraction of sp³-hybridized carbons (Fsp3) is 0.216. The predicted octanol–water partition coefficient (Wildman–Crippen LogP) is 26.3. The molecule has 0 saturated heterocycles. The van der Waals surface area contributed by atoms with Gasteiger partial charge in [0, 0.05) is 199 Å². The lowest BCUT2D eigenvalue weighted by atomic mass is 10.0. The van der Waals surface area contributed by atoms with Gasteiger partial charge in [-0.3, -0.25) is 37.5 Å². The first kappa shape index (κ1) is 98.8. The van der Waals surface area contributed by atoms with Gasteiger partial charge in [0.1, 0.15) is 58.2 Å². The van der Waals surface area contributed by atoms with Crippen LogP contribution in [0.3, 0.4) is 0 Å². The molecule has 0 radical (unpaired) electrons. The van der Waals surface area contributed by atoms with Crippen LogP contribution in [0.25, 0.3) is 72.9 Å². The summed E-state index contributed by atoms with van der Waals surface area (Å²) in [7, 11) is 1.94. The number of aryl methyl sites for hydroxylation is 8. The third-order valence-electron chi connectivity index (χ3n) is 27.0. The Kier molecular flexibility index (Phi) is 27.9. The van der Waals surface area contributed by atoms with Crippen LogP contribution in [0.15, 0.2) is 286 Å². The van der Waals surface area contributed by atoms with E-state index < -0.39 is 5.54 Å². The molecule has 4 N–H and O–H groups in total. The molecule has 0 aliphatic carbocycles. The van der Waals surface area contributed by atoms with Crippen molar-refractivity contribution in [2.75, 3.05) is 63.0 Å². The minimum atomic E-state index is -0.546. The summed E-state index contributed by atoms with van der Waals surface area (Å²) in [6.07, 6.45) is 12.5. The molecule has 0 bridgehead atoms. The van der Waals surface area contributed by atoms with Gasteiger partial charge in [0.25, 0.3) is 0 Å². The molecule has 0 spiro atoms. The van der Waals surface area contributed by atoms with Crippen LogP contribution in [0.4, 0.5) is 62.7 Å². The van der Waals surface area contributed by atoms with E-state index in [4.69, 9.17) is 69.5 Å². The van der Waals surface area contributed by atoms with E-state index in [-0.39, 0.29) is 23.7 Å². The maximum absolute atomic E-state index is 6.16. The first-order valence-electron chi connectivity index (χ1n) is 48.8. The van der Waals surface area contributed by atoms with Crippen LogP contribution < -0.4 is 36.0 Å². The lowest BCUT2D eigenvalue weighted by molar-refractivity contribution is 0.680. The molecule has 0 saturated carbocycles. The largest absolute Gasteiger partial charge is 0.384 e. The summed E-state index contributed by atoms with van der Waals surface area (Å²) in [5.41, 5.74) is 40.6. The molecule has 19 aromatic rings. The van der Waals surface area contributed by atoms with Crippen molar-refractivity contribution in [2.45, 2.75) is 126 Å². The number of fused-ring (bicyclic) bond motifs is 15. The Morgan fingerprint density at radius 3 is 0.932 bits per heavy atom. The average Bonchev–Trinajstić information content (AvgIpc) is 1.63. The van der Waals surface area contributed by atoms with Crippen LogP contribution in [0.2, 0.25) is 25.1 Å². The van der Waals surface area contributed by atoms with Gasteiger partial charge in [-0.1, -0.05) is 134 Å². The van der Waals surface area contributed by atoms with Crippen molar-refractivity contribution in [3.63, 3.8) is 0 Å². The van der Waals surface area contributed by atoms with E-state index in [1.165, 1.54) is 5.69 Å². The number of halogens is 5. The van der Waals surface area contributed by atoms with Gasteiger partial charge < -0.3 is 36.0 Å². The van der Waals surface area contributed by atoms with Crippen molar-refractivity contribution in [1.29, 1.82) is 0 Å². The van der Waals surface area contributed by atoms with E-state index in [1.807, 2.05) is 201 Å². The highest BCUT2D eigenvalue weighted by molar-refractivity contribution is 6.32. The van der Waals surface area contributed by atoms with Gasteiger partial charge in [0.2, 0.25) is 0 Å². The van der Waals surface area contributed by atoms with Crippen LogP contribution in [-0.2, 0) is 13.5 Å². The molecule has 9 aromatic heterocycles. The number of nitrogen functional groups attached to an aromatic ring is 1. The van der Waals surface area contributed by atoms with Crippen molar-refractivity contribution in [1.82, 2.24) is 93.3 Å². The minimum absolute atomic E-state index is 0.191. The van der Waals surface area contributed by atoms with Gasteiger partial charge in [0.15, 0.2) is 0 Å². The quantitative estimate of drug-likeness (QED) is 0.127. The fourth-order valence-electron chi connectivity index (χ4n) is 19.6. The smallest absolute Gasteiger partial charge is 0.142 e. The monoisotopic (exact) mass is 2040 g/mol. The second-order valence-electron chi connectivity index (χ2n) is 38.5. The van der Waals surface area contributed by atoms with Crippen molar-refractivity contribution < 1.29 is 0 Å². The lowest BCUT2D eigenvalue weighted by Crippen LogP contribution is -2.29. The number of rotatable bonds is 9. The Balaban J connectivity index is 0.000000112. The van der Waals surface area contributed by atoms with Crippen molar-refractivity contribution in [3.05, 3.63) is 386 Å². The van der Waals surface area contributed by atoms with Gasteiger partial charge in [-0.05, 0) is 297 Å². The molecule has 14 heterocycles. The summed E-state index contributed by atoms with van der Waals surface area (Å²) in [4.78, 5) is 29.4. The molecule has 1 unspecified atom stereocenters. The van der Waals surface area contributed by atoms with Crippen molar-refractivity contribution in [3.8, 4) is 84.8 Å². The van der Waals surface area contributed by atoms with Crippen molar-refractivity contribution in [2.24, 2.45) is 12.8 Å². The summed E-state index contributed by atoms with van der Waals surface area (Å²) in [5, 5.41) is 43.2. The molecule has 0 fully saturated rings. The Hall–Kier alpha value is -15.6. The Morgan fingerprint density at radius 2 is 0.612 bits per heavy atom. The third kappa shape index (κ3) is 20.7. The summed E-state index contributed by atoms with van der Waals surface area (Å²) >= 11 is 30.7. The number of hydrogen-bond acceptors (Lipinski definition) is 20. The highest BCUT2D eigenvalue weighted by Gasteiger charge is 2.36. The minimum Gasteiger partial charge on any atom is -0.384 e. The normalized spacial score (nSPS) is 15.1. The Bertz CT molecular complexity index is 7650. The zero-order chi connectivity index (χ0) is 102. The SMILES string of the molecule is Cc1ccc(-c2ccc3c(c2)N(c2ccc(Cl)cc2)C[C@@H](C)c2nnc(C)n2-3)cn1.Cc1ccc(-c2ccc3c(c2)N(c2ccc(Cl)cc2)C[C@H](C)c2nnc(C)n2-3)cn1.Cc1ncc2n1-c1ccc(-c3cnn(C)c3)cc1N(c1ccc(Cl)cc1)CC2.Cc1nnc2n1-c1ccc(-c3ccc(N)nc3)cc1N(c1ccc(Cl)cc1)C[C@@H]2C.Cc1nnc2n1-c1ccc(C#CC(C)(C)N)cc1N(c1ccc(Cl)cc1)CC2C. The van der Waals surface area contributed by atoms with E-state index in [0.29, 0.717) is 5.82 Å². The van der Waals surface area contributed by atoms with E-state index in [1.54, 1.807) is 6.20 Å². The second-order valence-corrected chi connectivity index (χ2v) is 40.6. The van der Waals surface area contributed by atoms with Gasteiger partial charge in [-0.25, -0.2) is 9.97 Å². The first-order chi connectivity index (χ1) is 70.8. The highest BCUT2D eigenvalue weighted by Crippen LogP contribution is 2.48. The predicted molar refractivity (Wildman–Crippen MR) is 593 cm³/mol. The molecular weight excluding hydrogens is 1930 g/mol. The van der Waals surface area contributed by atoms with Crippen LogP contribution in [0, 0.1) is 60.3 Å². The maximum Gasteiger partial charge on any atom is 0.142 e. The summed E-state index contributed by atoms with van der Waals surface area (Å²) in [6.45, 7) is 30.6. The molecule has 738 valence electrons. The van der Waals surface area contributed by atoms with E-state index in [2.05, 4.69) is 305 Å². The number of nitrogens with zero attached hydrogens (tertiary/aromatic N) is 24.